The normalized spacial score (nSPS) is 53.6. The van der Waals surface area contributed by atoms with Crippen molar-refractivity contribution in [1.82, 2.24) is 0 Å². The van der Waals surface area contributed by atoms with Gasteiger partial charge in [-0.1, -0.05) is 20.8 Å². The van der Waals surface area contributed by atoms with Gasteiger partial charge in [-0.05, 0) is 106 Å². The van der Waals surface area contributed by atoms with Crippen molar-refractivity contribution in [1.29, 1.82) is 0 Å². The van der Waals surface area contributed by atoms with E-state index >= 15 is 0 Å². The van der Waals surface area contributed by atoms with Gasteiger partial charge in [-0.3, -0.25) is 0 Å². The summed E-state index contributed by atoms with van der Waals surface area (Å²) in [5, 5.41) is 32.6. The zero-order chi connectivity index (χ0) is 19.8. The number of rotatable bonds is 3. The predicted molar refractivity (Wildman–Crippen MR) is 108 cm³/mol. The topological polar surface area (TPSA) is 60.7 Å². The van der Waals surface area contributed by atoms with E-state index in [0.717, 1.165) is 38.5 Å². The van der Waals surface area contributed by atoms with Gasteiger partial charge >= 0.3 is 0 Å². The predicted octanol–water partition coefficient (Wildman–Crippen LogP) is 4.53. The number of fused-ring (bicyclic) bond motifs is 5. The molecule has 3 N–H and O–H groups in total. The van der Waals surface area contributed by atoms with Crippen molar-refractivity contribution in [3.8, 4) is 0 Å². The lowest BCUT2D eigenvalue weighted by atomic mass is 9.50. The van der Waals surface area contributed by atoms with Crippen LogP contribution >= 0.6 is 0 Å². The van der Waals surface area contributed by atoms with Crippen LogP contribution in [0.5, 0.6) is 0 Å². The summed E-state index contributed by atoms with van der Waals surface area (Å²) in [6.45, 7) is 11.0. The summed E-state index contributed by atoms with van der Waals surface area (Å²) in [5.41, 5.74) is -0.351. The first-order chi connectivity index (χ1) is 12.5. The molecule has 27 heavy (non-hydrogen) atoms. The van der Waals surface area contributed by atoms with Crippen LogP contribution in [-0.4, -0.2) is 33.1 Å². The van der Waals surface area contributed by atoms with E-state index in [1.165, 1.54) is 19.3 Å². The Labute approximate surface area is 165 Å². The molecular weight excluding hydrogens is 336 g/mol. The van der Waals surface area contributed by atoms with Crippen LogP contribution in [0.25, 0.3) is 0 Å². The van der Waals surface area contributed by atoms with E-state index < -0.39 is 5.60 Å². The summed E-state index contributed by atoms with van der Waals surface area (Å²) in [7, 11) is 0. The fourth-order valence-electron chi connectivity index (χ4n) is 9.33. The maximum Gasteiger partial charge on any atom is 0.0625 e. The fraction of sp³-hybridized carbons (Fsp3) is 1.00. The number of hydrogen-bond acceptors (Lipinski definition) is 3. The van der Waals surface area contributed by atoms with E-state index in [0.29, 0.717) is 23.7 Å². The molecule has 3 nitrogen and oxygen atoms in total. The molecule has 0 unspecified atom stereocenters. The van der Waals surface area contributed by atoms with E-state index in [4.69, 9.17) is 0 Å². The van der Waals surface area contributed by atoms with Gasteiger partial charge in [0.15, 0.2) is 0 Å². The van der Waals surface area contributed by atoms with Gasteiger partial charge < -0.3 is 15.3 Å². The molecule has 3 heteroatoms. The Morgan fingerprint density at radius 2 is 1.70 bits per heavy atom. The Morgan fingerprint density at radius 3 is 2.33 bits per heavy atom. The Bertz CT molecular complexity index is 583. The molecule has 0 aromatic heterocycles. The first-order valence-electron chi connectivity index (χ1n) is 11.6. The molecule has 0 aromatic carbocycles. The van der Waals surface area contributed by atoms with Crippen molar-refractivity contribution in [2.45, 2.75) is 110 Å². The molecule has 9 atom stereocenters. The van der Waals surface area contributed by atoms with Gasteiger partial charge in [0.1, 0.15) is 0 Å². The van der Waals surface area contributed by atoms with Crippen molar-refractivity contribution in [3.05, 3.63) is 0 Å². The third-order valence-corrected chi connectivity index (χ3v) is 10.5. The number of aliphatic hydroxyl groups excluding tert-OH is 2. The van der Waals surface area contributed by atoms with Crippen LogP contribution < -0.4 is 0 Å². The molecule has 0 radical (unpaired) electrons. The minimum atomic E-state index is -0.609. The van der Waals surface area contributed by atoms with E-state index in [-0.39, 0.29) is 28.5 Å². The Kier molecular flexibility index (Phi) is 4.62. The minimum absolute atomic E-state index is 0.118. The molecular formula is C24H42O3. The molecule has 0 saturated heterocycles. The summed E-state index contributed by atoms with van der Waals surface area (Å²) >= 11 is 0. The second kappa shape index (κ2) is 6.19. The third-order valence-electron chi connectivity index (χ3n) is 10.5. The molecule has 0 spiro atoms. The van der Waals surface area contributed by atoms with Crippen LogP contribution in [0.4, 0.5) is 0 Å². The van der Waals surface area contributed by atoms with Gasteiger partial charge in [0.25, 0.3) is 0 Å². The monoisotopic (exact) mass is 378 g/mol. The van der Waals surface area contributed by atoms with Crippen molar-refractivity contribution in [3.63, 3.8) is 0 Å². The first-order valence-corrected chi connectivity index (χ1v) is 11.6. The standard InChI is InChI=1S/C24H42O3/c1-6-20(26)24-13-15(25)9-12-23(24,5)18-10-11-22(4)17(16(18)14-24)7-8-19(22)21(2,3)27/h15-20,25-27H,6-14H2,1-5H3/t15-,16-,17-,18-,19+,20+,22-,23+,24-/m0/s1. The van der Waals surface area contributed by atoms with Crippen LogP contribution in [0.3, 0.4) is 0 Å². The highest BCUT2D eigenvalue weighted by Crippen LogP contribution is 2.75. The van der Waals surface area contributed by atoms with Gasteiger partial charge in [0, 0.05) is 5.41 Å². The Balaban J connectivity index is 1.72. The van der Waals surface area contributed by atoms with E-state index in [1.807, 2.05) is 13.8 Å². The van der Waals surface area contributed by atoms with Gasteiger partial charge in [-0.25, -0.2) is 0 Å². The summed E-state index contributed by atoms with van der Waals surface area (Å²) in [6, 6.07) is 0. The molecule has 0 heterocycles. The van der Waals surface area contributed by atoms with E-state index in [1.54, 1.807) is 0 Å². The highest BCUT2D eigenvalue weighted by atomic mass is 16.3. The average molecular weight is 379 g/mol. The quantitative estimate of drug-likeness (QED) is 0.676. The van der Waals surface area contributed by atoms with Crippen LogP contribution in [-0.2, 0) is 0 Å². The molecule has 0 aromatic rings. The van der Waals surface area contributed by atoms with E-state index in [9.17, 15) is 15.3 Å². The summed E-state index contributed by atoms with van der Waals surface area (Å²) in [5.74, 6) is 2.36. The lowest BCUT2D eigenvalue weighted by Gasteiger charge is -2.55. The second-order valence-corrected chi connectivity index (χ2v) is 11.8. The molecule has 4 fully saturated rings. The highest BCUT2D eigenvalue weighted by molar-refractivity contribution is 5.18. The largest absolute Gasteiger partial charge is 0.393 e. The fourth-order valence-corrected chi connectivity index (χ4v) is 9.33. The van der Waals surface area contributed by atoms with Crippen LogP contribution in [0, 0.1) is 39.9 Å². The van der Waals surface area contributed by atoms with E-state index in [2.05, 4.69) is 20.8 Å². The van der Waals surface area contributed by atoms with Gasteiger partial charge in [-0.2, -0.15) is 0 Å². The lowest BCUT2D eigenvalue weighted by Crippen LogP contribution is -2.53. The second-order valence-electron chi connectivity index (χ2n) is 11.8. The average Bonchev–Trinajstić information content (AvgIpc) is 3.06. The number of aliphatic hydroxyl groups is 3. The van der Waals surface area contributed by atoms with Crippen LogP contribution in [0.2, 0.25) is 0 Å². The van der Waals surface area contributed by atoms with Crippen LogP contribution in [0.15, 0.2) is 0 Å². The Hall–Kier alpha value is -0.120. The van der Waals surface area contributed by atoms with Crippen molar-refractivity contribution in [2.75, 3.05) is 0 Å². The van der Waals surface area contributed by atoms with Gasteiger partial charge in [0.2, 0.25) is 0 Å². The first kappa shape index (κ1) is 20.2. The Morgan fingerprint density at radius 1 is 1.00 bits per heavy atom. The molecule has 156 valence electrons. The molecule has 4 saturated carbocycles. The molecule has 0 bridgehead atoms. The maximum atomic E-state index is 11.2. The summed E-state index contributed by atoms with van der Waals surface area (Å²) in [4.78, 5) is 0. The zero-order valence-corrected chi connectivity index (χ0v) is 18.2. The van der Waals surface area contributed by atoms with Gasteiger partial charge in [0.05, 0.1) is 17.8 Å². The summed E-state index contributed by atoms with van der Waals surface area (Å²) < 4.78 is 0. The maximum absolute atomic E-state index is 11.2. The SMILES string of the molecule is CC[C@@H](O)[C@@]12C[C@@H](O)CC[C@]1(C)[C@H]1CC[C@]3(C)[C@@H](C(C)(C)O)CC[C@H]3[C@@H]1C2. The molecule has 4 aliphatic rings. The van der Waals surface area contributed by atoms with Crippen molar-refractivity contribution >= 4 is 0 Å². The van der Waals surface area contributed by atoms with Crippen LogP contribution in [0.1, 0.15) is 92.4 Å². The van der Waals surface area contributed by atoms with Crippen molar-refractivity contribution in [2.24, 2.45) is 39.9 Å². The number of hydrogen-bond donors (Lipinski definition) is 3. The third kappa shape index (κ3) is 2.56. The smallest absolute Gasteiger partial charge is 0.0625 e. The van der Waals surface area contributed by atoms with Gasteiger partial charge in [-0.15, -0.1) is 0 Å². The molecule has 0 aliphatic heterocycles. The van der Waals surface area contributed by atoms with Crippen molar-refractivity contribution < 1.29 is 15.3 Å². The molecule has 4 rings (SSSR count). The highest BCUT2D eigenvalue weighted by Gasteiger charge is 2.70. The molecule has 4 aliphatic carbocycles. The summed E-state index contributed by atoms with van der Waals surface area (Å²) in [6.07, 6.45) is 8.86. The zero-order valence-electron chi connectivity index (χ0n) is 18.2. The lowest BCUT2D eigenvalue weighted by molar-refractivity contribution is -0.131. The molecule has 0 amide bonds. The minimum Gasteiger partial charge on any atom is -0.393 e.